The van der Waals surface area contributed by atoms with Crippen LogP contribution in [0.1, 0.15) is 63.3 Å². The van der Waals surface area contributed by atoms with Gasteiger partial charge in [-0.15, -0.1) is 0 Å². The molecule has 0 amide bonds. The lowest BCUT2D eigenvalue weighted by atomic mass is 9.82. The minimum atomic E-state index is -0.197. The first-order valence-corrected chi connectivity index (χ1v) is 10.2. The first kappa shape index (κ1) is 21.5. The van der Waals surface area contributed by atoms with E-state index in [0.717, 1.165) is 27.7 Å². The lowest BCUT2D eigenvalue weighted by Gasteiger charge is -2.29. The Kier molecular flexibility index (Phi) is 6.71. The second-order valence-electron chi connectivity index (χ2n) is 9.04. The highest BCUT2D eigenvalue weighted by atomic mass is 79.9. The van der Waals surface area contributed by atoms with E-state index in [4.69, 9.17) is 4.99 Å². The summed E-state index contributed by atoms with van der Waals surface area (Å²) in [6, 6.07) is 14.4. The third-order valence-electron chi connectivity index (χ3n) is 4.31. The summed E-state index contributed by atoms with van der Waals surface area (Å²) in [5.41, 5.74) is 5.40. The Labute approximate surface area is 173 Å². The van der Waals surface area contributed by atoms with E-state index in [2.05, 4.69) is 88.4 Å². The molecule has 0 atom stereocenters. The maximum atomic E-state index is 5.12. The molecule has 0 saturated heterocycles. The number of hydrogen-bond donors (Lipinski definition) is 0. The number of halogens is 1. The predicted molar refractivity (Wildman–Crippen MR) is 122 cm³/mol. The molecule has 2 aromatic rings. The summed E-state index contributed by atoms with van der Waals surface area (Å²) >= 11 is 3.73. The summed E-state index contributed by atoms with van der Waals surface area (Å²) < 4.78 is 1.04. The van der Waals surface area contributed by atoms with Crippen LogP contribution in [0.3, 0.4) is 0 Å². The molecule has 0 heterocycles. The van der Waals surface area contributed by atoms with Crippen LogP contribution in [0.2, 0.25) is 0 Å². The third kappa shape index (κ3) is 6.67. The second kappa shape index (κ2) is 8.44. The molecule has 0 aromatic heterocycles. The van der Waals surface area contributed by atoms with E-state index in [1.165, 1.54) is 11.1 Å². The largest absolute Gasteiger partial charge is 0.270 e. The third-order valence-corrected chi connectivity index (χ3v) is 4.97. The lowest BCUT2D eigenvalue weighted by molar-refractivity contribution is 0.288. The van der Waals surface area contributed by atoms with Crippen molar-refractivity contribution in [3.8, 4) is 11.8 Å². The normalized spacial score (nSPS) is 12.5. The van der Waals surface area contributed by atoms with Crippen molar-refractivity contribution in [2.24, 2.45) is 10.4 Å². The van der Waals surface area contributed by atoms with Crippen molar-refractivity contribution < 1.29 is 0 Å². The van der Waals surface area contributed by atoms with Gasteiger partial charge in [0.25, 0.3) is 0 Å². The fraction of sp³-hybridized carbons (Fsp3) is 0.400. The molecule has 0 saturated carbocycles. The van der Waals surface area contributed by atoms with Gasteiger partial charge in [0.1, 0.15) is 5.71 Å². The molecule has 2 heteroatoms. The molecule has 0 fully saturated rings. The summed E-state index contributed by atoms with van der Waals surface area (Å²) in [6.45, 7) is 15.4. The fourth-order valence-electron chi connectivity index (χ4n) is 3.41. The minimum absolute atomic E-state index is 0.197. The molecule has 0 N–H and O–H groups in total. The zero-order valence-corrected chi connectivity index (χ0v) is 19.2. The number of nitrogens with zero attached hydrogens (tertiary/aromatic N) is 1. The van der Waals surface area contributed by atoms with Crippen molar-refractivity contribution in [3.63, 3.8) is 0 Å². The van der Waals surface area contributed by atoms with Crippen molar-refractivity contribution in [2.75, 3.05) is 0 Å². The second-order valence-corrected chi connectivity index (χ2v) is 9.90. The van der Waals surface area contributed by atoms with E-state index < -0.39 is 0 Å². The average molecular weight is 424 g/mol. The number of rotatable bonds is 3. The van der Waals surface area contributed by atoms with Crippen LogP contribution in [-0.2, 0) is 0 Å². The Morgan fingerprint density at radius 2 is 1.56 bits per heavy atom. The maximum absolute atomic E-state index is 5.12. The van der Waals surface area contributed by atoms with Gasteiger partial charge in [-0.2, -0.15) is 0 Å². The van der Waals surface area contributed by atoms with Gasteiger partial charge in [-0.05, 0) is 80.8 Å². The zero-order valence-electron chi connectivity index (χ0n) is 17.6. The van der Waals surface area contributed by atoms with Crippen molar-refractivity contribution in [3.05, 3.63) is 69.2 Å². The SMILES string of the molecule is Cc1cc(Br)c(C(C#Cc2ccccc2)=NC(C)(C)CC(C)(C)C)cc1C. The minimum Gasteiger partial charge on any atom is -0.270 e. The average Bonchev–Trinajstić information content (AvgIpc) is 2.53. The van der Waals surface area contributed by atoms with Crippen molar-refractivity contribution >= 4 is 21.6 Å². The van der Waals surface area contributed by atoms with E-state index in [1.54, 1.807) is 0 Å². The van der Waals surface area contributed by atoms with Gasteiger partial charge in [-0.25, -0.2) is 0 Å². The van der Waals surface area contributed by atoms with Crippen molar-refractivity contribution in [1.82, 2.24) is 0 Å². The first-order valence-electron chi connectivity index (χ1n) is 9.41. The van der Waals surface area contributed by atoms with Gasteiger partial charge in [0.15, 0.2) is 0 Å². The van der Waals surface area contributed by atoms with Gasteiger partial charge in [0, 0.05) is 15.6 Å². The molecule has 142 valence electrons. The lowest BCUT2D eigenvalue weighted by Crippen LogP contribution is -2.26. The summed E-state index contributed by atoms with van der Waals surface area (Å²) in [6.07, 6.45) is 0.985. The Hall–Kier alpha value is -1.85. The molecular weight excluding hydrogens is 394 g/mol. The van der Waals surface area contributed by atoms with Gasteiger partial charge in [0.2, 0.25) is 0 Å². The molecule has 0 bridgehead atoms. The highest BCUT2D eigenvalue weighted by Crippen LogP contribution is 2.31. The molecule has 0 spiro atoms. The van der Waals surface area contributed by atoms with E-state index in [9.17, 15) is 0 Å². The van der Waals surface area contributed by atoms with Crippen LogP contribution >= 0.6 is 15.9 Å². The molecule has 1 nitrogen and oxygen atoms in total. The van der Waals surface area contributed by atoms with Crippen molar-refractivity contribution in [1.29, 1.82) is 0 Å². The Morgan fingerprint density at radius 1 is 0.963 bits per heavy atom. The molecule has 0 aliphatic rings. The van der Waals surface area contributed by atoms with E-state index in [-0.39, 0.29) is 11.0 Å². The molecule has 27 heavy (non-hydrogen) atoms. The fourth-order valence-corrected chi connectivity index (χ4v) is 4.06. The first-order chi connectivity index (χ1) is 12.5. The van der Waals surface area contributed by atoms with Crippen LogP contribution in [0.15, 0.2) is 51.9 Å². The predicted octanol–water partition coefficient (Wildman–Crippen LogP) is 7.12. The van der Waals surface area contributed by atoms with Crippen LogP contribution in [0.25, 0.3) is 0 Å². The summed E-state index contributed by atoms with van der Waals surface area (Å²) in [5, 5.41) is 0. The maximum Gasteiger partial charge on any atom is 0.116 e. The quantitative estimate of drug-likeness (QED) is 0.367. The monoisotopic (exact) mass is 423 g/mol. The molecule has 0 radical (unpaired) electrons. The van der Waals surface area contributed by atoms with Gasteiger partial charge >= 0.3 is 0 Å². The topological polar surface area (TPSA) is 12.4 Å². The van der Waals surface area contributed by atoms with E-state index in [0.29, 0.717) is 0 Å². The van der Waals surface area contributed by atoms with E-state index in [1.807, 2.05) is 30.3 Å². The van der Waals surface area contributed by atoms with Gasteiger partial charge in [-0.1, -0.05) is 60.8 Å². The van der Waals surface area contributed by atoms with Crippen molar-refractivity contribution in [2.45, 2.75) is 60.4 Å². The Bertz CT molecular complexity index is 888. The standard InChI is InChI=1S/C25H30BrN/c1-18-15-21(22(26)16-19(18)2)23(14-13-20-11-9-8-10-12-20)27-25(6,7)17-24(3,4)5/h8-12,15-16H,17H2,1-7H3. The van der Waals surface area contributed by atoms with Gasteiger partial charge in [-0.3, -0.25) is 4.99 Å². The van der Waals surface area contributed by atoms with Gasteiger partial charge < -0.3 is 0 Å². The number of aliphatic imine (C=N–C) groups is 1. The molecule has 0 aliphatic carbocycles. The Morgan fingerprint density at radius 3 is 2.15 bits per heavy atom. The molecular formula is C25H30BrN. The summed E-state index contributed by atoms with van der Waals surface area (Å²) in [5.74, 6) is 6.64. The Balaban J connectivity index is 2.58. The van der Waals surface area contributed by atoms with Crippen LogP contribution in [0.5, 0.6) is 0 Å². The van der Waals surface area contributed by atoms with Crippen LogP contribution in [-0.4, -0.2) is 11.3 Å². The van der Waals surface area contributed by atoms with Crippen LogP contribution in [0.4, 0.5) is 0 Å². The molecule has 2 aromatic carbocycles. The number of hydrogen-bond acceptors (Lipinski definition) is 1. The highest BCUT2D eigenvalue weighted by molar-refractivity contribution is 9.10. The highest BCUT2D eigenvalue weighted by Gasteiger charge is 2.25. The zero-order chi connectivity index (χ0) is 20.2. The molecule has 0 aliphatic heterocycles. The molecule has 2 rings (SSSR count). The van der Waals surface area contributed by atoms with Crippen LogP contribution in [0, 0.1) is 31.1 Å². The number of aryl methyl sites for hydroxylation is 2. The van der Waals surface area contributed by atoms with Crippen LogP contribution < -0.4 is 0 Å². The smallest absolute Gasteiger partial charge is 0.116 e. The van der Waals surface area contributed by atoms with E-state index >= 15 is 0 Å². The summed E-state index contributed by atoms with van der Waals surface area (Å²) in [7, 11) is 0. The summed E-state index contributed by atoms with van der Waals surface area (Å²) in [4.78, 5) is 5.12. The molecule has 0 unspecified atom stereocenters. The number of benzene rings is 2. The van der Waals surface area contributed by atoms with Gasteiger partial charge in [0.05, 0.1) is 5.54 Å².